The summed E-state index contributed by atoms with van der Waals surface area (Å²) in [6, 6.07) is 6.40. The van der Waals surface area contributed by atoms with Crippen LogP contribution in [0.25, 0.3) is 0 Å². The number of nitrogens with zero attached hydrogens (tertiary/aromatic N) is 2. The minimum atomic E-state index is 0.103. The summed E-state index contributed by atoms with van der Waals surface area (Å²) in [4.78, 5) is 0. The molecule has 0 bridgehead atoms. The fraction of sp³-hybridized carbons (Fsp3) is 0.500. The Morgan fingerprint density at radius 1 is 1.30 bits per heavy atom. The van der Waals surface area contributed by atoms with Crippen LogP contribution in [0.3, 0.4) is 0 Å². The summed E-state index contributed by atoms with van der Waals surface area (Å²) < 4.78 is 7.34. The number of benzene rings is 1. The van der Waals surface area contributed by atoms with E-state index in [1.54, 1.807) is 7.11 Å². The Morgan fingerprint density at radius 3 is 2.70 bits per heavy atom. The van der Waals surface area contributed by atoms with Crippen LogP contribution in [0.15, 0.2) is 18.2 Å². The average Bonchev–Trinajstić information content (AvgIpc) is 2.79. The summed E-state index contributed by atoms with van der Waals surface area (Å²) >= 11 is 0. The van der Waals surface area contributed by atoms with Crippen LogP contribution in [-0.2, 0) is 13.1 Å². The van der Waals surface area contributed by atoms with Gasteiger partial charge in [-0.3, -0.25) is 4.68 Å². The first-order valence-corrected chi connectivity index (χ1v) is 7.99. The molecule has 0 aliphatic rings. The lowest BCUT2D eigenvalue weighted by atomic mass is 10.0. The number of ether oxygens (including phenoxy) is 1. The molecule has 1 aromatic carbocycles. The molecule has 0 amide bonds. The highest BCUT2D eigenvalue weighted by molar-refractivity contribution is 5.39. The third kappa shape index (κ3) is 3.92. The van der Waals surface area contributed by atoms with Crippen molar-refractivity contribution in [1.29, 1.82) is 0 Å². The molecule has 5 nitrogen and oxygen atoms in total. The van der Waals surface area contributed by atoms with E-state index in [1.165, 1.54) is 11.1 Å². The van der Waals surface area contributed by atoms with Crippen LogP contribution in [0.1, 0.15) is 41.0 Å². The Kier molecular flexibility index (Phi) is 5.80. The van der Waals surface area contributed by atoms with Crippen molar-refractivity contribution >= 4 is 0 Å². The van der Waals surface area contributed by atoms with Crippen LogP contribution in [0.4, 0.5) is 0 Å². The van der Waals surface area contributed by atoms with Crippen LogP contribution < -0.4 is 10.1 Å². The summed E-state index contributed by atoms with van der Waals surface area (Å²) in [7, 11) is 1.70. The van der Waals surface area contributed by atoms with E-state index in [4.69, 9.17) is 9.84 Å². The molecule has 0 fully saturated rings. The van der Waals surface area contributed by atoms with Gasteiger partial charge in [-0.05, 0) is 33.8 Å². The SMILES string of the molecule is COc1ccc(C)cc1[C@H](C)NCc1c(C)nn(CCO)c1C. The van der Waals surface area contributed by atoms with Crippen molar-refractivity contribution in [1.82, 2.24) is 15.1 Å². The normalized spacial score (nSPS) is 12.4. The third-order valence-electron chi connectivity index (χ3n) is 4.28. The summed E-state index contributed by atoms with van der Waals surface area (Å²) in [6.45, 7) is 9.66. The van der Waals surface area contributed by atoms with E-state index in [1.807, 2.05) is 24.6 Å². The van der Waals surface area contributed by atoms with Gasteiger partial charge in [0.05, 0.1) is 26.0 Å². The predicted octanol–water partition coefficient (Wildman–Crippen LogP) is 2.66. The number of aryl methyl sites for hydroxylation is 2. The molecule has 5 heteroatoms. The maximum absolute atomic E-state index is 9.10. The minimum absolute atomic E-state index is 0.103. The van der Waals surface area contributed by atoms with Gasteiger partial charge in [0.25, 0.3) is 0 Å². The molecule has 0 radical (unpaired) electrons. The first-order valence-electron chi connectivity index (χ1n) is 7.99. The Balaban J connectivity index is 2.13. The van der Waals surface area contributed by atoms with Gasteiger partial charge < -0.3 is 15.2 Å². The third-order valence-corrected chi connectivity index (χ3v) is 4.28. The number of rotatable bonds is 7. The van der Waals surface area contributed by atoms with E-state index in [9.17, 15) is 0 Å². The summed E-state index contributed by atoms with van der Waals surface area (Å²) in [5.74, 6) is 0.903. The monoisotopic (exact) mass is 317 g/mol. The molecule has 2 aromatic rings. The molecule has 23 heavy (non-hydrogen) atoms. The van der Waals surface area contributed by atoms with E-state index >= 15 is 0 Å². The number of hydrogen-bond acceptors (Lipinski definition) is 4. The number of methoxy groups -OCH3 is 1. The van der Waals surface area contributed by atoms with Gasteiger partial charge in [-0.25, -0.2) is 0 Å². The van der Waals surface area contributed by atoms with Crippen LogP contribution >= 0.6 is 0 Å². The molecular formula is C18H27N3O2. The minimum Gasteiger partial charge on any atom is -0.496 e. The van der Waals surface area contributed by atoms with E-state index < -0.39 is 0 Å². The molecule has 0 unspecified atom stereocenters. The van der Waals surface area contributed by atoms with Crippen molar-refractivity contribution in [3.63, 3.8) is 0 Å². The number of aliphatic hydroxyl groups is 1. The lowest BCUT2D eigenvalue weighted by Crippen LogP contribution is -2.19. The van der Waals surface area contributed by atoms with Crippen LogP contribution in [0.2, 0.25) is 0 Å². The molecular weight excluding hydrogens is 290 g/mol. The van der Waals surface area contributed by atoms with Gasteiger partial charge in [-0.15, -0.1) is 0 Å². The molecule has 0 aliphatic carbocycles. The molecule has 2 rings (SSSR count). The summed E-state index contributed by atoms with van der Waals surface area (Å²) in [5, 5.41) is 17.2. The molecule has 0 spiro atoms. The Labute approximate surface area is 138 Å². The predicted molar refractivity (Wildman–Crippen MR) is 91.8 cm³/mol. The fourth-order valence-electron chi connectivity index (χ4n) is 2.86. The van der Waals surface area contributed by atoms with Gasteiger partial charge >= 0.3 is 0 Å². The highest BCUT2D eigenvalue weighted by Crippen LogP contribution is 2.26. The second kappa shape index (κ2) is 7.62. The number of nitrogens with one attached hydrogen (secondary N) is 1. The number of hydrogen-bond donors (Lipinski definition) is 2. The van der Waals surface area contributed by atoms with Gasteiger partial charge in [0.1, 0.15) is 5.75 Å². The second-order valence-electron chi connectivity index (χ2n) is 5.94. The molecule has 0 saturated carbocycles. The van der Waals surface area contributed by atoms with Gasteiger partial charge in [-0.1, -0.05) is 17.7 Å². The van der Waals surface area contributed by atoms with Crippen LogP contribution in [-0.4, -0.2) is 28.6 Å². The van der Waals surface area contributed by atoms with Gasteiger partial charge in [-0.2, -0.15) is 5.10 Å². The lowest BCUT2D eigenvalue weighted by molar-refractivity contribution is 0.267. The first kappa shape index (κ1) is 17.5. The second-order valence-corrected chi connectivity index (χ2v) is 5.94. The average molecular weight is 317 g/mol. The van der Waals surface area contributed by atoms with Crippen molar-refractivity contribution in [2.45, 2.75) is 46.8 Å². The molecule has 1 heterocycles. The van der Waals surface area contributed by atoms with Gasteiger partial charge in [0.2, 0.25) is 0 Å². The Hall–Kier alpha value is -1.85. The summed E-state index contributed by atoms with van der Waals surface area (Å²) in [5.41, 5.74) is 5.68. The van der Waals surface area contributed by atoms with E-state index in [0.717, 1.165) is 29.2 Å². The first-order chi connectivity index (χ1) is 11.0. The zero-order valence-corrected chi connectivity index (χ0v) is 14.7. The van der Waals surface area contributed by atoms with Gasteiger partial charge in [0.15, 0.2) is 0 Å². The molecule has 0 saturated heterocycles. The van der Waals surface area contributed by atoms with E-state index in [0.29, 0.717) is 6.54 Å². The molecule has 1 atom stereocenters. The Bertz CT molecular complexity index is 665. The van der Waals surface area contributed by atoms with Crippen LogP contribution in [0, 0.1) is 20.8 Å². The molecule has 2 N–H and O–H groups in total. The van der Waals surface area contributed by atoms with E-state index in [-0.39, 0.29) is 12.6 Å². The quantitative estimate of drug-likeness (QED) is 0.824. The lowest BCUT2D eigenvalue weighted by Gasteiger charge is -2.18. The summed E-state index contributed by atoms with van der Waals surface area (Å²) in [6.07, 6.45) is 0. The maximum atomic E-state index is 9.10. The zero-order valence-electron chi connectivity index (χ0n) is 14.7. The van der Waals surface area contributed by atoms with Crippen LogP contribution in [0.5, 0.6) is 5.75 Å². The number of aromatic nitrogens is 2. The Morgan fingerprint density at radius 2 is 2.04 bits per heavy atom. The van der Waals surface area contributed by atoms with Crippen molar-refractivity contribution in [2.75, 3.05) is 13.7 Å². The highest BCUT2D eigenvalue weighted by atomic mass is 16.5. The van der Waals surface area contributed by atoms with Gasteiger partial charge in [0, 0.05) is 29.4 Å². The molecule has 0 aliphatic heterocycles. The van der Waals surface area contributed by atoms with E-state index in [2.05, 4.69) is 36.4 Å². The smallest absolute Gasteiger partial charge is 0.123 e. The largest absolute Gasteiger partial charge is 0.496 e. The topological polar surface area (TPSA) is 59.3 Å². The highest BCUT2D eigenvalue weighted by Gasteiger charge is 2.15. The van der Waals surface area contributed by atoms with Crippen molar-refractivity contribution in [2.24, 2.45) is 0 Å². The molecule has 1 aromatic heterocycles. The maximum Gasteiger partial charge on any atom is 0.123 e. The zero-order chi connectivity index (χ0) is 17.0. The standard InChI is InChI=1S/C18H27N3O2/c1-12-6-7-18(23-5)16(10-12)13(2)19-11-17-14(3)20-21(8-9-22)15(17)4/h6-7,10,13,19,22H,8-9,11H2,1-5H3/t13-/m0/s1. The van der Waals surface area contributed by atoms with Crippen molar-refractivity contribution in [3.8, 4) is 5.75 Å². The fourth-order valence-corrected chi connectivity index (χ4v) is 2.86. The van der Waals surface area contributed by atoms with Crippen molar-refractivity contribution < 1.29 is 9.84 Å². The molecule has 126 valence electrons. The number of aliphatic hydroxyl groups excluding tert-OH is 1. The van der Waals surface area contributed by atoms with Crippen molar-refractivity contribution in [3.05, 3.63) is 46.3 Å².